The van der Waals surface area contributed by atoms with Crippen molar-refractivity contribution in [1.82, 2.24) is 0 Å². The lowest BCUT2D eigenvalue weighted by Gasteiger charge is -2.41. The van der Waals surface area contributed by atoms with Crippen molar-refractivity contribution in [2.75, 3.05) is 6.67 Å². The first-order valence-corrected chi connectivity index (χ1v) is 15.0. The molecular weight excluding hydrogens is 422 g/mol. The second kappa shape index (κ2) is 13.4. The van der Waals surface area contributed by atoms with Crippen LogP contribution in [0.5, 0.6) is 0 Å². The van der Waals surface area contributed by atoms with E-state index in [2.05, 4.69) is 19.1 Å². The highest BCUT2D eigenvalue weighted by Gasteiger charge is 2.35. The Morgan fingerprint density at radius 1 is 0.706 bits per heavy atom. The zero-order chi connectivity index (χ0) is 23.8. The molecule has 1 aromatic rings. The number of alkyl halides is 1. The minimum absolute atomic E-state index is 0.0457. The summed E-state index contributed by atoms with van der Waals surface area (Å²) in [6, 6.07) is 6.05. The molecule has 0 unspecified atom stereocenters. The van der Waals surface area contributed by atoms with Crippen molar-refractivity contribution in [3.8, 4) is 0 Å². The Morgan fingerprint density at radius 3 is 1.79 bits per heavy atom. The summed E-state index contributed by atoms with van der Waals surface area (Å²) in [5.41, 5.74) is 2.14. The largest absolute Gasteiger partial charge is 0.251 e. The van der Waals surface area contributed by atoms with E-state index in [0.717, 1.165) is 66.4 Å². The highest BCUT2D eigenvalue weighted by Crippen LogP contribution is 2.47. The van der Waals surface area contributed by atoms with Gasteiger partial charge >= 0.3 is 0 Å². The Morgan fingerprint density at radius 2 is 1.26 bits per heavy atom. The van der Waals surface area contributed by atoms with Gasteiger partial charge in [-0.2, -0.15) is 0 Å². The molecule has 192 valence electrons. The zero-order valence-corrected chi connectivity index (χ0v) is 21.9. The van der Waals surface area contributed by atoms with Crippen molar-refractivity contribution in [3.05, 3.63) is 35.1 Å². The molecule has 0 heterocycles. The van der Waals surface area contributed by atoms with Gasteiger partial charge in [0.15, 0.2) is 0 Å². The van der Waals surface area contributed by atoms with Crippen molar-refractivity contribution in [2.24, 2.45) is 29.6 Å². The summed E-state index contributed by atoms with van der Waals surface area (Å²) in [6.07, 6.45) is 23.1. The molecule has 3 fully saturated rings. The number of rotatable bonds is 10. The third kappa shape index (κ3) is 7.07. The second-order valence-electron chi connectivity index (χ2n) is 12.2. The number of benzene rings is 1. The molecule has 1 aromatic carbocycles. The lowest BCUT2D eigenvalue weighted by molar-refractivity contribution is 0.108. The summed E-state index contributed by atoms with van der Waals surface area (Å²) in [6.45, 7) is 2.02. The van der Waals surface area contributed by atoms with Crippen molar-refractivity contribution in [2.45, 2.75) is 128 Å². The Bertz CT molecular complexity index is 704. The Labute approximate surface area is 208 Å². The van der Waals surface area contributed by atoms with Gasteiger partial charge in [-0.05, 0) is 130 Å². The van der Waals surface area contributed by atoms with E-state index in [9.17, 15) is 8.78 Å². The molecule has 3 aliphatic rings. The first kappa shape index (κ1) is 26.2. The van der Waals surface area contributed by atoms with Gasteiger partial charge in [0.05, 0.1) is 6.67 Å². The number of halogens is 2. The molecule has 3 aliphatic carbocycles. The van der Waals surface area contributed by atoms with Crippen LogP contribution in [0.4, 0.5) is 8.78 Å². The van der Waals surface area contributed by atoms with E-state index in [1.807, 2.05) is 0 Å². The third-order valence-corrected chi connectivity index (χ3v) is 10.1. The van der Waals surface area contributed by atoms with Gasteiger partial charge in [-0.15, -0.1) is 0 Å². The van der Waals surface area contributed by atoms with E-state index in [0.29, 0.717) is 5.92 Å². The van der Waals surface area contributed by atoms with Crippen molar-refractivity contribution in [3.63, 3.8) is 0 Å². The highest BCUT2D eigenvalue weighted by molar-refractivity contribution is 5.27. The molecule has 0 N–H and O–H groups in total. The van der Waals surface area contributed by atoms with Crippen LogP contribution in [-0.2, 0) is 6.42 Å². The van der Waals surface area contributed by atoms with Crippen LogP contribution in [0.25, 0.3) is 0 Å². The molecule has 0 aromatic heterocycles. The maximum Gasteiger partial charge on any atom is 0.126 e. The van der Waals surface area contributed by atoms with Crippen molar-refractivity contribution in [1.29, 1.82) is 0 Å². The predicted molar refractivity (Wildman–Crippen MR) is 140 cm³/mol. The minimum Gasteiger partial charge on any atom is -0.251 e. The van der Waals surface area contributed by atoms with E-state index in [1.54, 1.807) is 6.07 Å². The molecule has 2 heteroatoms. The third-order valence-electron chi connectivity index (χ3n) is 10.1. The van der Waals surface area contributed by atoms with Crippen LogP contribution in [0, 0.1) is 35.4 Å². The molecule has 0 atom stereocenters. The van der Waals surface area contributed by atoms with Crippen LogP contribution in [0.15, 0.2) is 18.2 Å². The molecule has 4 rings (SSSR count). The first-order valence-electron chi connectivity index (χ1n) is 15.0. The number of aryl methyl sites for hydroxylation is 1. The van der Waals surface area contributed by atoms with E-state index >= 15 is 0 Å². The van der Waals surface area contributed by atoms with Crippen molar-refractivity contribution < 1.29 is 8.78 Å². The molecule has 0 aliphatic heterocycles. The van der Waals surface area contributed by atoms with Gasteiger partial charge in [0.1, 0.15) is 5.82 Å². The minimum atomic E-state index is -0.137. The van der Waals surface area contributed by atoms with Crippen LogP contribution in [0.2, 0.25) is 0 Å². The van der Waals surface area contributed by atoms with Crippen molar-refractivity contribution >= 4 is 0 Å². The maximum atomic E-state index is 14.7. The van der Waals surface area contributed by atoms with Gasteiger partial charge in [0, 0.05) is 0 Å². The van der Waals surface area contributed by atoms with E-state index in [-0.39, 0.29) is 12.5 Å². The Balaban J connectivity index is 1.15. The highest BCUT2D eigenvalue weighted by atomic mass is 19.1. The van der Waals surface area contributed by atoms with Crippen LogP contribution >= 0.6 is 0 Å². The topological polar surface area (TPSA) is 0 Å². The quantitative estimate of drug-likeness (QED) is 0.297. The van der Waals surface area contributed by atoms with Gasteiger partial charge in [0.25, 0.3) is 0 Å². The molecule has 0 nitrogen and oxygen atoms in total. The van der Waals surface area contributed by atoms with E-state index < -0.39 is 0 Å². The average molecular weight is 473 g/mol. The van der Waals surface area contributed by atoms with Gasteiger partial charge in [-0.3, -0.25) is 4.39 Å². The van der Waals surface area contributed by atoms with Gasteiger partial charge in [0.2, 0.25) is 0 Å². The van der Waals surface area contributed by atoms with E-state index in [4.69, 9.17) is 0 Å². The number of hydrogen-bond acceptors (Lipinski definition) is 0. The van der Waals surface area contributed by atoms with Crippen LogP contribution in [0.3, 0.4) is 0 Å². The normalized spacial score (nSPS) is 32.6. The fourth-order valence-electron chi connectivity index (χ4n) is 7.99. The summed E-state index contributed by atoms with van der Waals surface area (Å²) in [7, 11) is 0. The summed E-state index contributed by atoms with van der Waals surface area (Å²) < 4.78 is 27.0. The maximum absolute atomic E-state index is 14.7. The van der Waals surface area contributed by atoms with Gasteiger partial charge in [-0.25, -0.2) is 4.39 Å². The monoisotopic (exact) mass is 472 g/mol. The fourth-order valence-corrected chi connectivity index (χ4v) is 7.99. The second-order valence-corrected chi connectivity index (χ2v) is 12.2. The molecule has 0 spiro atoms. The van der Waals surface area contributed by atoms with Crippen LogP contribution in [0.1, 0.15) is 133 Å². The standard InChI is InChI=1S/C32H50F2/c1-2-6-25-10-21-31(32(34)23-25)30-19-17-29(18-20-30)28-15-13-27(14-16-28)26-11-8-24(9-12-26)7-4-3-5-22-33/h10,21,23-24,26-30H,2-9,11-20,22H2,1H3/t24-,26-,27-,28-,29?,30?. The molecule has 0 radical (unpaired) electrons. The molecular formula is C32H50F2. The SMILES string of the molecule is CCCc1ccc(C2CCC([C@H]3CC[C@H]([C@H]4CC[C@H](CCCCCF)CC4)CC3)CC2)c(F)c1. The van der Waals surface area contributed by atoms with Crippen LogP contribution in [-0.4, -0.2) is 6.67 Å². The van der Waals surface area contributed by atoms with Gasteiger partial charge < -0.3 is 0 Å². The smallest absolute Gasteiger partial charge is 0.126 e. The summed E-state index contributed by atoms with van der Waals surface area (Å²) in [5, 5.41) is 0. The summed E-state index contributed by atoms with van der Waals surface area (Å²) >= 11 is 0. The number of hydrogen-bond donors (Lipinski definition) is 0. The summed E-state index contributed by atoms with van der Waals surface area (Å²) in [5.74, 6) is 5.20. The predicted octanol–water partition coefficient (Wildman–Crippen LogP) is 10.2. The molecule has 3 saturated carbocycles. The average Bonchev–Trinajstić information content (AvgIpc) is 2.88. The lowest BCUT2D eigenvalue weighted by Crippen LogP contribution is -2.29. The molecule has 0 saturated heterocycles. The summed E-state index contributed by atoms with van der Waals surface area (Å²) in [4.78, 5) is 0. The molecule has 0 amide bonds. The van der Waals surface area contributed by atoms with Gasteiger partial charge in [-0.1, -0.05) is 57.6 Å². The first-order chi connectivity index (χ1) is 16.7. The lowest BCUT2D eigenvalue weighted by atomic mass is 9.64. The zero-order valence-electron chi connectivity index (χ0n) is 21.9. The fraction of sp³-hybridized carbons (Fsp3) is 0.812. The molecule has 0 bridgehead atoms. The molecule has 34 heavy (non-hydrogen) atoms. The Kier molecular flexibility index (Phi) is 10.3. The Hall–Kier alpha value is -0.920. The van der Waals surface area contributed by atoms with Crippen LogP contribution < -0.4 is 0 Å². The number of unbranched alkanes of at least 4 members (excludes halogenated alkanes) is 2. The van der Waals surface area contributed by atoms with E-state index in [1.165, 1.54) is 89.9 Å².